The molecule has 0 aromatic heterocycles. The number of halogens is 2. The van der Waals surface area contributed by atoms with Crippen molar-refractivity contribution in [2.24, 2.45) is 0 Å². The first-order valence-corrected chi connectivity index (χ1v) is 6.84. The van der Waals surface area contributed by atoms with Crippen LogP contribution in [0.15, 0.2) is 42.5 Å². The van der Waals surface area contributed by atoms with Gasteiger partial charge in [-0.15, -0.1) is 0 Å². The van der Waals surface area contributed by atoms with E-state index in [2.05, 4.69) is 34.5 Å². The van der Waals surface area contributed by atoms with Crippen LogP contribution in [0.2, 0.25) is 5.02 Å². The largest absolute Gasteiger partial charge is 0.378 e. The van der Waals surface area contributed by atoms with E-state index in [0.29, 0.717) is 0 Å². The van der Waals surface area contributed by atoms with E-state index < -0.39 is 5.82 Å². The Kier molecular flexibility index (Phi) is 4.50. The summed E-state index contributed by atoms with van der Waals surface area (Å²) < 4.78 is 13.4. The van der Waals surface area contributed by atoms with Crippen LogP contribution >= 0.6 is 11.6 Å². The Morgan fingerprint density at radius 3 is 2.30 bits per heavy atom. The second-order valence-corrected chi connectivity index (χ2v) is 5.39. The minimum atomic E-state index is -0.410. The number of nitrogens with zero attached hydrogens (tertiary/aromatic N) is 1. The molecule has 0 amide bonds. The van der Waals surface area contributed by atoms with Crippen molar-refractivity contribution in [2.45, 2.75) is 13.0 Å². The molecule has 0 fully saturated rings. The lowest BCUT2D eigenvalue weighted by Gasteiger charge is -2.18. The highest BCUT2D eigenvalue weighted by molar-refractivity contribution is 6.30. The van der Waals surface area contributed by atoms with Crippen molar-refractivity contribution in [1.82, 2.24) is 0 Å². The number of rotatable bonds is 4. The van der Waals surface area contributed by atoms with E-state index in [0.717, 1.165) is 16.9 Å². The molecule has 0 saturated heterocycles. The predicted molar refractivity (Wildman–Crippen MR) is 84.2 cm³/mol. The second kappa shape index (κ2) is 6.14. The van der Waals surface area contributed by atoms with Gasteiger partial charge in [0.05, 0.1) is 5.02 Å². The van der Waals surface area contributed by atoms with Gasteiger partial charge in [-0.25, -0.2) is 4.39 Å². The van der Waals surface area contributed by atoms with Crippen molar-refractivity contribution in [3.8, 4) is 0 Å². The Morgan fingerprint density at radius 2 is 1.75 bits per heavy atom. The van der Waals surface area contributed by atoms with Crippen LogP contribution in [0.25, 0.3) is 0 Å². The summed E-state index contributed by atoms with van der Waals surface area (Å²) in [5.74, 6) is -0.410. The first-order valence-electron chi connectivity index (χ1n) is 6.46. The Bertz CT molecular complexity index is 582. The highest BCUT2D eigenvalue weighted by Crippen LogP contribution is 2.24. The molecule has 1 unspecified atom stereocenters. The molecule has 0 bridgehead atoms. The van der Waals surface area contributed by atoms with Crippen LogP contribution in [0.5, 0.6) is 0 Å². The van der Waals surface area contributed by atoms with Crippen LogP contribution in [0.3, 0.4) is 0 Å². The first-order chi connectivity index (χ1) is 9.47. The standard InChI is InChI=1S/C16H18ClFN2/c1-11(12-4-7-14(8-5-12)20(2)3)19-13-6-9-15(17)16(18)10-13/h4-11,19H,1-3H3. The minimum absolute atomic E-state index is 0.0896. The molecule has 0 heterocycles. The van der Waals surface area contributed by atoms with Gasteiger partial charge in [0, 0.05) is 31.5 Å². The highest BCUT2D eigenvalue weighted by Gasteiger charge is 2.07. The van der Waals surface area contributed by atoms with E-state index in [1.807, 2.05) is 21.0 Å². The van der Waals surface area contributed by atoms with Crippen molar-refractivity contribution in [1.29, 1.82) is 0 Å². The first kappa shape index (κ1) is 14.7. The van der Waals surface area contributed by atoms with E-state index in [4.69, 9.17) is 11.6 Å². The van der Waals surface area contributed by atoms with Gasteiger partial charge < -0.3 is 10.2 Å². The van der Waals surface area contributed by atoms with Gasteiger partial charge in [0.1, 0.15) is 5.82 Å². The van der Waals surface area contributed by atoms with E-state index in [1.165, 1.54) is 6.07 Å². The molecule has 1 atom stereocenters. The summed E-state index contributed by atoms with van der Waals surface area (Å²) in [6.07, 6.45) is 0. The van der Waals surface area contributed by atoms with Crippen LogP contribution in [0.1, 0.15) is 18.5 Å². The zero-order valence-corrected chi connectivity index (χ0v) is 12.6. The van der Waals surface area contributed by atoms with Gasteiger partial charge in [-0.1, -0.05) is 23.7 Å². The molecular weight excluding hydrogens is 275 g/mol. The minimum Gasteiger partial charge on any atom is -0.378 e. The predicted octanol–water partition coefficient (Wildman–Crippen LogP) is 4.72. The second-order valence-electron chi connectivity index (χ2n) is 4.98. The van der Waals surface area contributed by atoms with Crippen LogP contribution in [-0.2, 0) is 0 Å². The summed E-state index contributed by atoms with van der Waals surface area (Å²) in [6.45, 7) is 2.04. The zero-order chi connectivity index (χ0) is 14.7. The lowest BCUT2D eigenvalue weighted by atomic mass is 10.1. The normalized spacial score (nSPS) is 12.1. The average molecular weight is 293 g/mol. The van der Waals surface area contributed by atoms with Gasteiger partial charge in [-0.05, 0) is 42.8 Å². The molecule has 2 aromatic rings. The van der Waals surface area contributed by atoms with Gasteiger partial charge in [0.25, 0.3) is 0 Å². The third-order valence-corrected chi connectivity index (χ3v) is 3.52. The smallest absolute Gasteiger partial charge is 0.143 e. The van der Waals surface area contributed by atoms with Crippen LogP contribution in [-0.4, -0.2) is 14.1 Å². The van der Waals surface area contributed by atoms with Gasteiger partial charge in [0.15, 0.2) is 0 Å². The fourth-order valence-electron chi connectivity index (χ4n) is 1.98. The molecular formula is C16H18ClFN2. The molecule has 2 rings (SSSR count). The molecule has 0 spiro atoms. The Labute approximate surface area is 124 Å². The molecule has 0 radical (unpaired) electrons. The molecule has 0 aliphatic heterocycles. The highest BCUT2D eigenvalue weighted by atomic mass is 35.5. The average Bonchev–Trinajstić information content (AvgIpc) is 2.43. The van der Waals surface area contributed by atoms with Crippen molar-refractivity contribution in [3.05, 3.63) is 58.9 Å². The third-order valence-electron chi connectivity index (χ3n) is 3.21. The fraction of sp³-hybridized carbons (Fsp3) is 0.250. The monoisotopic (exact) mass is 292 g/mol. The summed E-state index contributed by atoms with van der Waals surface area (Å²) >= 11 is 5.67. The summed E-state index contributed by atoms with van der Waals surface area (Å²) in [6, 6.07) is 13.1. The molecule has 4 heteroatoms. The summed E-state index contributed by atoms with van der Waals surface area (Å²) in [5.41, 5.74) is 3.01. The number of nitrogens with one attached hydrogen (secondary N) is 1. The van der Waals surface area contributed by atoms with E-state index in [1.54, 1.807) is 12.1 Å². The molecule has 20 heavy (non-hydrogen) atoms. The summed E-state index contributed by atoms with van der Waals surface area (Å²) in [5, 5.41) is 3.40. The Morgan fingerprint density at radius 1 is 1.10 bits per heavy atom. The van der Waals surface area contributed by atoms with Crippen molar-refractivity contribution < 1.29 is 4.39 Å². The SMILES string of the molecule is CC(Nc1ccc(Cl)c(F)c1)c1ccc(N(C)C)cc1. The Hall–Kier alpha value is -1.74. The fourth-order valence-corrected chi connectivity index (χ4v) is 2.10. The molecule has 0 aliphatic rings. The quantitative estimate of drug-likeness (QED) is 0.877. The molecule has 0 aliphatic carbocycles. The topological polar surface area (TPSA) is 15.3 Å². The Balaban J connectivity index is 2.10. The maximum atomic E-state index is 13.4. The molecule has 1 N–H and O–H groups in total. The number of hydrogen-bond acceptors (Lipinski definition) is 2. The maximum absolute atomic E-state index is 13.4. The third kappa shape index (κ3) is 3.42. The summed E-state index contributed by atoms with van der Waals surface area (Å²) in [7, 11) is 4.01. The van der Waals surface area contributed by atoms with E-state index in [9.17, 15) is 4.39 Å². The lowest BCUT2D eigenvalue weighted by molar-refractivity contribution is 0.628. The number of hydrogen-bond donors (Lipinski definition) is 1. The zero-order valence-electron chi connectivity index (χ0n) is 11.8. The molecule has 106 valence electrons. The van der Waals surface area contributed by atoms with Crippen LogP contribution < -0.4 is 10.2 Å². The van der Waals surface area contributed by atoms with Crippen LogP contribution in [0, 0.1) is 5.82 Å². The van der Waals surface area contributed by atoms with Crippen LogP contribution in [0.4, 0.5) is 15.8 Å². The van der Waals surface area contributed by atoms with Crippen molar-refractivity contribution in [2.75, 3.05) is 24.3 Å². The lowest BCUT2D eigenvalue weighted by Crippen LogP contribution is -2.10. The summed E-state index contributed by atoms with van der Waals surface area (Å²) in [4.78, 5) is 2.05. The number of benzene rings is 2. The van der Waals surface area contributed by atoms with E-state index in [-0.39, 0.29) is 11.1 Å². The molecule has 0 saturated carbocycles. The van der Waals surface area contributed by atoms with Gasteiger partial charge in [-0.3, -0.25) is 0 Å². The van der Waals surface area contributed by atoms with Gasteiger partial charge in [-0.2, -0.15) is 0 Å². The van der Waals surface area contributed by atoms with Gasteiger partial charge >= 0.3 is 0 Å². The number of anilines is 2. The molecule has 2 nitrogen and oxygen atoms in total. The van der Waals surface area contributed by atoms with Crippen molar-refractivity contribution >= 4 is 23.0 Å². The van der Waals surface area contributed by atoms with Gasteiger partial charge in [0.2, 0.25) is 0 Å². The molecule has 2 aromatic carbocycles. The maximum Gasteiger partial charge on any atom is 0.143 e. The van der Waals surface area contributed by atoms with E-state index >= 15 is 0 Å². The van der Waals surface area contributed by atoms with Crippen molar-refractivity contribution in [3.63, 3.8) is 0 Å².